The van der Waals surface area contributed by atoms with Gasteiger partial charge < -0.3 is 14.8 Å². The average molecular weight is 302 g/mol. The van der Waals surface area contributed by atoms with Gasteiger partial charge >= 0.3 is 0 Å². The maximum Gasteiger partial charge on any atom is 0.127 e. The fraction of sp³-hybridized carbons (Fsp3) is 0.600. The Morgan fingerprint density at radius 1 is 1.45 bits per heavy atom. The van der Waals surface area contributed by atoms with Crippen LogP contribution in [-0.4, -0.2) is 38.5 Å². The van der Waals surface area contributed by atoms with E-state index in [0.717, 1.165) is 13.0 Å². The van der Waals surface area contributed by atoms with E-state index in [1.54, 1.807) is 12.1 Å². The molecule has 1 fully saturated rings. The van der Waals surface area contributed by atoms with Gasteiger partial charge in [0, 0.05) is 16.6 Å². The monoisotopic (exact) mass is 301 g/mol. The fourth-order valence-corrected chi connectivity index (χ4v) is 2.59. The molecule has 1 aromatic rings. The van der Waals surface area contributed by atoms with Crippen molar-refractivity contribution >= 4 is 11.6 Å². The first-order valence-electron chi connectivity index (χ1n) is 7.08. The molecular formula is C15H21ClFNO2. The molecule has 112 valence electrons. The molecule has 1 saturated heterocycles. The Bertz CT molecular complexity index is 404. The summed E-state index contributed by atoms with van der Waals surface area (Å²) in [6, 6.07) is 4.78. The molecule has 0 aliphatic carbocycles. The first kappa shape index (κ1) is 15.7. The zero-order valence-electron chi connectivity index (χ0n) is 11.7. The molecule has 0 spiro atoms. The van der Waals surface area contributed by atoms with E-state index in [4.69, 9.17) is 21.1 Å². The predicted molar refractivity (Wildman–Crippen MR) is 77.8 cm³/mol. The number of halogens is 2. The topological polar surface area (TPSA) is 30.5 Å². The van der Waals surface area contributed by atoms with Crippen LogP contribution in [0.1, 0.15) is 18.9 Å². The van der Waals surface area contributed by atoms with Gasteiger partial charge in [-0.05, 0) is 31.5 Å². The van der Waals surface area contributed by atoms with Crippen molar-refractivity contribution in [1.29, 1.82) is 0 Å². The van der Waals surface area contributed by atoms with Crippen molar-refractivity contribution in [3.05, 3.63) is 34.6 Å². The number of rotatable bonds is 6. The van der Waals surface area contributed by atoms with E-state index in [9.17, 15) is 4.39 Å². The zero-order valence-corrected chi connectivity index (χ0v) is 12.5. The number of ether oxygens (including phenoxy) is 2. The number of hydrogen-bond donors (Lipinski definition) is 1. The molecule has 0 aromatic heterocycles. The summed E-state index contributed by atoms with van der Waals surface area (Å²) in [7, 11) is 0. The van der Waals surface area contributed by atoms with Crippen LogP contribution in [0.4, 0.5) is 4.39 Å². The minimum Gasteiger partial charge on any atom is -0.376 e. The van der Waals surface area contributed by atoms with E-state index >= 15 is 0 Å². The van der Waals surface area contributed by atoms with E-state index in [1.165, 1.54) is 6.07 Å². The SMILES string of the molecule is CCCNC(Cc1c(F)cccc1Cl)C1COCCO1. The lowest BCUT2D eigenvalue weighted by Gasteiger charge is -2.31. The highest BCUT2D eigenvalue weighted by molar-refractivity contribution is 6.31. The lowest BCUT2D eigenvalue weighted by atomic mass is 10.00. The van der Waals surface area contributed by atoms with Crippen LogP contribution in [-0.2, 0) is 15.9 Å². The Labute approximate surface area is 124 Å². The second-order valence-corrected chi connectivity index (χ2v) is 5.36. The summed E-state index contributed by atoms with van der Waals surface area (Å²) in [6.07, 6.45) is 1.44. The molecule has 1 aromatic carbocycles. The van der Waals surface area contributed by atoms with Gasteiger partial charge in [-0.3, -0.25) is 0 Å². The molecule has 1 heterocycles. The summed E-state index contributed by atoms with van der Waals surface area (Å²) in [5.41, 5.74) is 0.539. The summed E-state index contributed by atoms with van der Waals surface area (Å²) in [6.45, 7) is 4.69. The normalized spacial score (nSPS) is 20.9. The summed E-state index contributed by atoms with van der Waals surface area (Å²) < 4.78 is 25.1. The van der Waals surface area contributed by atoms with Crippen LogP contribution in [0.5, 0.6) is 0 Å². The van der Waals surface area contributed by atoms with E-state index in [0.29, 0.717) is 36.8 Å². The van der Waals surface area contributed by atoms with Gasteiger partial charge in [-0.2, -0.15) is 0 Å². The molecule has 1 N–H and O–H groups in total. The van der Waals surface area contributed by atoms with Crippen molar-refractivity contribution in [2.75, 3.05) is 26.4 Å². The minimum atomic E-state index is -0.266. The third-order valence-electron chi connectivity index (χ3n) is 3.43. The van der Waals surface area contributed by atoms with Gasteiger partial charge in [0.15, 0.2) is 0 Å². The standard InChI is InChI=1S/C15H21ClFNO2/c1-2-6-18-14(15-10-19-7-8-20-15)9-11-12(16)4-3-5-13(11)17/h3-5,14-15,18H,2,6-10H2,1H3. The third-order valence-corrected chi connectivity index (χ3v) is 3.79. The highest BCUT2D eigenvalue weighted by atomic mass is 35.5. The van der Waals surface area contributed by atoms with Gasteiger partial charge in [-0.1, -0.05) is 24.6 Å². The van der Waals surface area contributed by atoms with E-state index in [1.807, 2.05) is 0 Å². The molecule has 0 saturated carbocycles. The molecule has 20 heavy (non-hydrogen) atoms. The molecule has 2 rings (SSSR count). The van der Waals surface area contributed by atoms with Crippen molar-refractivity contribution in [1.82, 2.24) is 5.32 Å². The van der Waals surface area contributed by atoms with Crippen LogP contribution < -0.4 is 5.32 Å². The van der Waals surface area contributed by atoms with Crippen molar-refractivity contribution < 1.29 is 13.9 Å². The van der Waals surface area contributed by atoms with Crippen LogP contribution in [0.2, 0.25) is 5.02 Å². The summed E-state index contributed by atoms with van der Waals surface area (Å²) in [5.74, 6) is -0.266. The highest BCUT2D eigenvalue weighted by Crippen LogP contribution is 2.22. The maximum atomic E-state index is 13.9. The molecule has 0 radical (unpaired) electrons. The number of benzene rings is 1. The lowest BCUT2D eigenvalue weighted by molar-refractivity contribution is -0.101. The van der Waals surface area contributed by atoms with Crippen molar-refractivity contribution in [2.45, 2.75) is 31.9 Å². The van der Waals surface area contributed by atoms with Crippen molar-refractivity contribution in [3.8, 4) is 0 Å². The first-order chi connectivity index (χ1) is 9.72. The smallest absolute Gasteiger partial charge is 0.127 e. The lowest BCUT2D eigenvalue weighted by Crippen LogP contribution is -2.48. The van der Waals surface area contributed by atoms with Gasteiger partial charge in [0.25, 0.3) is 0 Å². The van der Waals surface area contributed by atoms with Gasteiger partial charge in [0.2, 0.25) is 0 Å². The molecule has 1 aliphatic heterocycles. The second-order valence-electron chi connectivity index (χ2n) is 4.95. The summed E-state index contributed by atoms with van der Waals surface area (Å²) in [5, 5.41) is 3.87. The maximum absolute atomic E-state index is 13.9. The Morgan fingerprint density at radius 3 is 2.95 bits per heavy atom. The van der Waals surface area contributed by atoms with Crippen LogP contribution in [0.3, 0.4) is 0 Å². The molecule has 5 heteroatoms. The molecular weight excluding hydrogens is 281 g/mol. The third kappa shape index (κ3) is 4.16. The number of hydrogen-bond acceptors (Lipinski definition) is 3. The largest absolute Gasteiger partial charge is 0.376 e. The quantitative estimate of drug-likeness (QED) is 0.876. The molecule has 3 nitrogen and oxygen atoms in total. The van der Waals surface area contributed by atoms with Crippen LogP contribution in [0, 0.1) is 5.82 Å². The fourth-order valence-electron chi connectivity index (χ4n) is 2.35. The van der Waals surface area contributed by atoms with Gasteiger partial charge in [0.1, 0.15) is 5.82 Å². The van der Waals surface area contributed by atoms with Crippen molar-refractivity contribution in [3.63, 3.8) is 0 Å². The van der Waals surface area contributed by atoms with Gasteiger partial charge in [-0.15, -0.1) is 0 Å². The van der Waals surface area contributed by atoms with Crippen LogP contribution >= 0.6 is 11.6 Å². The predicted octanol–water partition coefficient (Wildman–Crippen LogP) is 2.81. The summed E-state index contributed by atoms with van der Waals surface area (Å²) >= 11 is 6.11. The van der Waals surface area contributed by atoms with E-state index in [-0.39, 0.29) is 18.0 Å². The number of nitrogens with one attached hydrogen (secondary N) is 1. The molecule has 1 aliphatic rings. The molecule has 2 unspecified atom stereocenters. The van der Waals surface area contributed by atoms with Crippen LogP contribution in [0.15, 0.2) is 18.2 Å². The van der Waals surface area contributed by atoms with E-state index < -0.39 is 0 Å². The Balaban J connectivity index is 2.09. The molecule has 2 atom stereocenters. The van der Waals surface area contributed by atoms with Crippen molar-refractivity contribution in [2.24, 2.45) is 0 Å². The van der Waals surface area contributed by atoms with Gasteiger partial charge in [-0.25, -0.2) is 4.39 Å². The first-order valence-corrected chi connectivity index (χ1v) is 7.45. The Morgan fingerprint density at radius 2 is 2.30 bits per heavy atom. The zero-order chi connectivity index (χ0) is 14.4. The highest BCUT2D eigenvalue weighted by Gasteiger charge is 2.26. The minimum absolute atomic E-state index is 0.00431. The Hall–Kier alpha value is -0.680. The second kappa shape index (κ2) is 7.93. The van der Waals surface area contributed by atoms with E-state index in [2.05, 4.69) is 12.2 Å². The Kier molecular flexibility index (Phi) is 6.23. The van der Waals surface area contributed by atoms with Crippen LogP contribution in [0.25, 0.3) is 0 Å². The van der Waals surface area contributed by atoms with Gasteiger partial charge in [0.05, 0.1) is 25.9 Å². The molecule has 0 bridgehead atoms. The molecule has 0 amide bonds. The summed E-state index contributed by atoms with van der Waals surface area (Å²) in [4.78, 5) is 0. The average Bonchev–Trinajstić information content (AvgIpc) is 2.47.